The van der Waals surface area contributed by atoms with Crippen molar-refractivity contribution in [3.05, 3.63) is 216 Å². The molecule has 8 aromatic carbocycles. The lowest BCUT2D eigenvalue weighted by atomic mass is 9.66. The Morgan fingerprint density at radius 2 is 0.965 bits per heavy atom. The highest BCUT2D eigenvalue weighted by Gasteiger charge is 2.51. The minimum Gasteiger partial charge on any atom is -0.457 e. The van der Waals surface area contributed by atoms with Gasteiger partial charge in [0.05, 0.1) is 21.3 Å². The van der Waals surface area contributed by atoms with Crippen LogP contribution in [0.2, 0.25) is 0 Å². The summed E-state index contributed by atoms with van der Waals surface area (Å²) in [6.45, 7) is 0. The molecule has 57 heavy (non-hydrogen) atoms. The summed E-state index contributed by atoms with van der Waals surface area (Å²) >= 11 is 1.75. The van der Waals surface area contributed by atoms with Crippen LogP contribution in [0, 0.1) is 0 Å². The van der Waals surface area contributed by atoms with Crippen molar-refractivity contribution in [2.45, 2.75) is 5.41 Å². The monoisotopic (exact) mass is 744 g/mol. The molecule has 2 aromatic heterocycles. The van der Waals surface area contributed by atoms with E-state index in [1.807, 2.05) is 0 Å². The SMILES string of the molecule is c1ccc(-c2cc(-c3ccccc3)cc(-c3nc(-c4ccc5c(c4)Oc4ccccc4C54c5ccccc5-c5ccccc54)c4sc5ccccc5c4n3)c2)cc1. The molecule has 0 radical (unpaired) electrons. The molecule has 3 nitrogen and oxygen atoms in total. The Balaban J connectivity index is 1.11. The van der Waals surface area contributed by atoms with Crippen LogP contribution in [0.4, 0.5) is 0 Å². The van der Waals surface area contributed by atoms with Gasteiger partial charge in [0.2, 0.25) is 0 Å². The van der Waals surface area contributed by atoms with Gasteiger partial charge < -0.3 is 4.74 Å². The summed E-state index contributed by atoms with van der Waals surface area (Å²) in [5.41, 5.74) is 15.2. The normalized spacial score (nSPS) is 13.2. The quantitative estimate of drug-likeness (QED) is 0.180. The molecule has 0 fully saturated rings. The van der Waals surface area contributed by atoms with Gasteiger partial charge in [-0.2, -0.15) is 0 Å². The highest BCUT2D eigenvalue weighted by Crippen LogP contribution is 2.62. The molecule has 0 unspecified atom stereocenters. The third kappa shape index (κ3) is 4.78. The van der Waals surface area contributed by atoms with Gasteiger partial charge in [-0.25, -0.2) is 9.97 Å². The molecule has 2 aliphatic rings. The predicted molar refractivity (Wildman–Crippen MR) is 234 cm³/mol. The molecule has 4 heteroatoms. The Bertz CT molecular complexity index is 3120. The first-order valence-electron chi connectivity index (χ1n) is 19.3. The van der Waals surface area contributed by atoms with Crippen LogP contribution < -0.4 is 4.74 Å². The number of hydrogen-bond donors (Lipinski definition) is 0. The second kappa shape index (κ2) is 12.4. The molecule has 0 atom stereocenters. The van der Waals surface area contributed by atoms with Gasteiger partial charge in [0, 0.05) is 32.3 Å². The molecular weight excluding hydrogens is 713 g/mol. The standard InChI is InChI=1S/C53H32N2OS/c1-3-15-33(16-4-1)36-29-37(34-17-5-2-6-18-34)31-38(30-36)52-54-49(51-50(55-52)41-21-9-14-26-48(41)57-51)35-27-28-45-47(32-35)56-46-25-13-12-24-44(46)53(45)42-22-10-7-19-39(42)40-20-8-11-23-43(40)53/h1-32H. The Morgan fingerprint density at radius 1 is 0.404 bits per heavy atom. The van der Waals surface area contributed by atoms with Crippen LogP contribution in [0.1, 0.15) is 22.3 Å². The van der Waals surface area contributed by atoms with Crippen molar-refractivity contribution in [2.75, 3.05) is 0 Å². The van der Waals surface area contributed by atoms with Crippen LogP contribution in [-0.2, 0) is 5.41 Å². The highest BCUT2D eigenvalue weighted by atomic mass is 32.1. The van der Waals surface area contributed by atoms with Crippen LogP contribution >= 0.6 is 11.3 Å². The van der Waals surface area contributed by atoms with Crippen molar-refractivity contribution in [3.63, 3.8) is 0 Å². The van der Waals surface area contributed by atoms with E-state index in [-0.39, 0.29) is 0 Å². The number of hydrogen-bond acceptors (Lipinski definition) is 4. The fourth-order valence-corrected chi connectivity index (χ4v) is 10.4. The summed E-state index contributed by atoms with van der Waals surface area (Å²) in [6.07, 6.45) is 0. The number of rotatable bonds is 4. The van der Waals surface area contributed by atoms with Crippen molar-refractivity contribution >= 4 is 31.6 Å². The van der Waals surface area contributed by atoms with E-state index < -0.39 is 5.41 Å². The highest BCUT2D eigenvalue weighted by molar-refractivity contribution is 7.26. The fraction of sp³-hybridized carbons (Fsp3) is 0.0189. The smallest absolute Gasteiger partial charge is 0.160 e. The second-order valence-electron chi connectivity index (χ2n) is 14.9. The summed E-state index contributed by atoms with van der Waals surface area (Å²) in [7, 11) is 0. The summed E-state index contributed by atoms with van der Waals surface area (Å²) in [6, 6.07) is 69.4. The van der Waals surface area contributed by atoms with E-state index in [9.17, 15) is 0 Å². The number of thiophene rings is 1. The Labute approximate surface area is 334 Å². The zero-order valence-corrected chi connectivity index (χ0v) is 31.5. The third-order valence-corrected chi connectivity index (χ3v) is 12.9. The van der Waals surface area contributed by atoms with Crippen molar-refractivity contribution in [3.8, 4) is 67.5 Å². The van der Waals surface area contributed by atoms with Gasteiger partial charge in [0.15, 0.2) is 5.82 Å². The molecule has 266 valence electrons. The topological polar surface area (TPSA) is 35.0 Å². The maximum absolute atomic E-state index is 6.93. The minimum atomic E-state index is -0.522. The van der Waals surface area contributed by atoms with E-state index >= 15 is 0 Å². The number of para-hydroxylation sites is 1. The molecule has 10 aromatic rings. The molecule has 1 aliphatic carbocycles. The lowest BCUT2D eigenvalue weighted by Gasteiger charge is -2.39. The van der Waals surface area contributed by atoms with Crippen LogP contribution in [0.3, 0.4) is 0 Å². The van der Waals surface area contributed by atoms with Gasteiger partial charge in [-0.3, -0.25) is 0 Å². The van der Waals surface area contributed by atoms with Gasteiger partial charge in [-0.05, 0) is 80.9 Å². The van der Waals surface area contributed by atoms with Crippen LogP contribution in [0.5, 0.6) is 11.5 Å². The van der Waals surface area contributed by atoms with Crippen molar-refractivity contribution < 1.29 is 4.74 Å². The van der Waals surface area contributed by atoms with Crippen molar-refractivity contribution in [1.29, 1.82) is 0 Å². The van der Waals surface area contributed by atoms with E-state index in [0.29, 0.717) is 5.82 Å². The molecule has 0 bridgehead atoms. The number of ether oxygens (including phenoxy) is 1. The van der Waals surface area contributed by atoms with Crippen LogP contribution in [0.15, 0.2) is 194 Å². The first kappa shape index (κ1) is 32.1. The first-order valence-corrected chi connectivity index (χ1v) is 20.1. The van der Waals surface area contributed by atoms with E-state index in [2.05, 4.69) is 194 Å². The molecule has 12 rings (SSSR count). The number of benzene rings is 8. The average Bonchev–Trinajstić information content (AvgIpc) is 3.80. The molecule has 3 heterocycles. The maximum Gasteiger partial charge on any atom is 0.160 e. The maximum atomic E-state index is 6.93. The molecule has 1 aliphatic heterocycles. The summed E-state index contributed by atoms with van der Waals surface area (Å²) < 4.78 is 9.18. The van der Waals surface area contributed by atoms with Gasteiger partial charge >= 0.3 is 0 Å². The lowest BCUT2D eigenvalue weighted by Crippen LogP contribution is -2.32. The van der Waals surface area contributed by atoms with E-state index in [1.165, 1.54) is 27.0 Å². The predicted octanol–water partition coefficient (Wildman–Crippen LogP) is 14.0. The number of nitrogens with zero attached hydrogens (tertiary/aromatic N) is 2. The zero-order valence-electron chi connectivity index (χ0n) is 30.7. The number of fused-ring (bicyclic) bond motifs is 12. The van der Waals surface area contributed by atoms with Crippen LogP contribution in [0.25, 0.3) is 76.3 Å². The van der Waals surface area contributed by atoms with Gasteiger partial charge in [0.25, 0.3) is 0 Å². The molecule has 0 saturated carbocycles. The van der Waals surface area contributed by atoms with E-state index in [1.54, 1.807) is 11.3 Å². The first-order chi connectivity index (χ1) is 28.2. The largest absolute Gasteiger partial charge is 0.457 e. The summed E-state index contributed by atoms with van der Waals surface area (Å²) in [5.74, 6) is 2.40. The van der Waals surface area contributed by atoms with E-state index in [0.717, 1.165) is 77.3 Å². The molecule has 1 spiro atoms. The van der Waals surface area contributed by atoms with Gasteiger partial charge in [0.1, 0.15) is 11.5 Å². The lowest BCUT2D eigenvalue weighted by molar-refractivity contribution is 0.436. The second-order valence-corrected chi connectivity index (χ2v) is 15.9. The van der Waals surface area contributed by atoms with Crippen LogP contribution in [-0.4, -0.2) is 9.97 Å². The molecule has 0 saturated heterocycles. The summed E-state index contributed by atoms with van der Waals surface area (Å²) in [4.78, 5) is 10.9. The Hall–Kier alpha value is -7.14. The van der Waals surface area contributed by atoms with E-state index in [4.69, 9.17) is 14.7 Å². The molecule has 0 amide bonds. The van der Waals surface area contributed by atoms with Crippen molar-refractivity contribution in [1.82, 2.24) is 9.97 Å². The average molecular weight is 745 g/mol. The van der Waals surface area contributed by atoms with Gasteiger partial charge in [-0.1, -0.05) is 158 Å². The van der Waals surface area contributed by atoms with Crippen molar-refractivity contribution in [2.24, 2.45) is 0 Å². The fourth-order valence-electron chi connectivity index (χ4n) is 9.28. The molecule has 0 N–H and O–H groups in total. The number of aromatic nitrogens is 2. The Kier molecular flexibility index (Phi) is 7.01. The summed E-state index contributed by atoms with van der Waals surface area (Å²) in [5, 5.41) is 1.13. The Morgan fingerprint density at radius 3 is 1.67 bits per heavy atom. The molecular formula is C53H32N2OS. The minimum absolute atomic E-state index is 0.522. The zero-order chi connectivity index (χ0) is 37.5. The van der Waals surface area contributed by atoms with Gasteiger partial charge in [-0.15, -0.1) is 11.3 Å². The third-order valence-electron chi connectivity index (χ3n) is 11.7.